The molecular weight excluding hydrogens is 589 g/mol. The van der Waals surface area contributed by atoms with Crippen LogP contribution in [0.25, 0.3) is 0 Å². The van der Waals surface area contributed by atoms with Gasteiger partial charge in [-0.15, -0.1) is 0 Å². The molecule has 0 radical (unpaired) electrons. The predicted molar refractivity (Wildman–Crippen MR) is 156 cm³/mol. The van der Waals surface area contributed by atoms with Gasteiger partial charge in [-0.25, -0.2) is 18.0 Å². The van der Waals surface area contributed by atoms with Crippen LogP contribution >= 0.6 is 24.0 Å². The smallest absolute Gasteiger partial charge is 0.411 e. The maximum Gasteiger partial charge on any atom is 0.411 e. The van der Waals surface area contributed by atoms with Gasteiger partial charge in [0.05, 0.1) is 24.8 Å². The maximum absolute atomic E-state index is 14.1. The highest BCUT2D eigenvalue weighted by atomic mass is 32.2. The number of hydrogen-bond acceptors (Lipinski definition) is 10. The number of likely N-dealkylation sites (tertiary alicyclic amines) is 1. The molecule has 222 valence electrons. The van der Waals surface area contributed by atoms with Crippen molar-refractivity contribution in [2.75, 3.05) is 26.5 Å². The molecule has 1 aromatic heterocycles. The number of amides is 1. The minimum Gasteiger partial charge on any atom is -0.473 e. The molecule has 2 aliphatic heterocycles. The molecule has 1 spiro atoms. The Labute approximate surface area is 249 Å². The first-order valence-electron chi connectivity index (χ1n) is 13.2. The Hall–Kier alpha value is -2.61. The molecule has 5 rings (SSSR count). The average molecular weight is 623 g/mol. The lowest BCUT2D eigenvalue weighted by Gasteiger charge is -2.48. The second kappa shape index (κ2) is 10.6. The highest BCUT2D eigenvalue weighted by Gasteiger charge is 2.71. The van der Waals surface area contributed by atoms with E-state index in [1.54, 1.807) is 51.3 Å². The number of thioether (sulfide) groups is 1. The van der Waals surface area contributed by atoms with Crippen LogP contribution in [-0.2, 0) is 29.0 Å². The van der Waals surface area contributed by atoms with Crippen molar-refractivity contribution in [3.05, 3.63) is 53.5 Å². The second-order valence-corrected chi connectivity index (χ2v) is 15.1. The summed E-state index contributed by atoms with van der Waals surface area (Å²) in [5.74, 6) is -0.567. The van der Waals surface area contributed by atoms with Crippen molar-refractivity contribution < 1.29 is 36.6 Å². The number of thiocarbonyl (C=S) groups is 1. The molecule has 3 heterocycles. The Kier molecular flexibility index (Phi) is 7.71. The van der Waals surface area contributed by atoms with E-state index in [0.717, 1.165) is 11.1 Å². The Morgan fingerprint density at radius 1 is 1.17 bits per heavy atom. The Morgan fingerprint density at radius 2 is 1.85 bits per heavy atom. The first-order valence-corrected chi connectivity index (χ1v) is 16.3. The van der Waals surface area contributed by atoms with Gasteiger partial charge in [0.25, 0.3) is 0 Å². The number of nitrogens with zero attached hydrogens (tertiary/aromatic N) is 2. The van der Waals surface area contributed by atoms with Crippen LogP contribution in [-0.4, -0.2) is 78.3 Å². The fraction of sp³-hybridized carbons (Fsp3) is 0.536. The predicted octanol–water partition coefficient (Wildman–Crippen LogP) is 4.63. The highest BCUT2D eigenvalue weighted by Crippen LogP contribution is 2.67. The zero-order valence-electron chi connectivity index (χ0n) is 23.8. The fourth-order valence-corrected chi connectivity index (χ4v) is 8.42. The topological polar surface area (TPSA) is 116 Å². The molecule has 41 heavy (non-hydrogen) atoms. The first kappa shape index (κ1) is 29.9. The van der Waals surface area contributed by atoms with Crippen LogP contribution in [0.1, 0.15) is 56.0 Å². The van der Waals surface area contributed by atoms with Gasteiger partial charge in [0, 0.05) is 23.4 Å². The second-order valence-electron chi connectivity index (χ2n) is 11.7. The maximum atomic E-state index is 14.1. The molecular formula is C28H34N2O8S3. The van der Waals surface area contributed by atoms with Gasteiger partial charge in [-0.05, 0) is 70.8 Å². The lowest BCUT2D eigenvalue weighted by molar-refractivity contribution is -0.146. The van der Waals surface area contributed by atoms with Gasteiger partial charge in [0.1, 0.15) is 29.5 Å². The van der Waals surface area contributed by atoms with Gasteiger partial charge in [0.2, 0.25) is 14.4 Å². The average Bonchev–Trinajstić information content (AvgIpc) is 3.55. The molecule has 0 saturated carbocycles. The standard InChI is InChI=1S/C28H34N2O8S3/c1-16-7-9-17(10-8-16)41(33,34)29-14-20(37-26(39)40-6)21-18-11-12-36-22(18)23-28(21,15-29)13-19(24(31)35-5)30(23)25(32)38-27(2,3)4/h7-12,19-21,23H,13-15H2,1-6H3/t19-,20+,21-,23+,28+/m0/s1. The summed E-state index contributed by atoms with van der Waals surface area (Å²) in [5, 5.41) is 0. The third kappa shape index (κ3) is 5.04. The minimum atomic E-state index is -4.00. The number of sulfonamides is 1. The van der Waals surface area contributed by atoms with E-state index in [1.807, 2.05) is 13.0 Å². The zero-order chi connectivity index (χ0) is 29.9. The fourth-order valence-electron chi connectivity index (χ4n) is 6.55. The third-order valence-corrected chi connectivity index (χ3v) is 10.9. The lowest BCUT2D eigenvalue weighted by atomic mass is 9.68. The van der Waals surface area contributed by atoms with Crippen LogP contribution in [0, 0.1) is 12.3 Å². The molecule has 2 fully saturated rings. The summed E-state index contributed by atoms with van der Waals surface area (Å²) in [6, 6.07) is 6.63. The van der Waals surface area contributed by atoms with Crippen LogP contribution in [0.15, 0.2) is 45.9 Å². The first-order chi connectivity index (χ1) is 19.2. The van der Waals surface area contributed by atoms with Crippen molar-refractivity contribution in [3.8, 4) is 0 Å². The van der Waals surface area contributed by atoms with Crippen molar-refractivity contribution in [2.24, 2.45) is 5.41 Å². The molecule has 13 heteroatoms. The van der Waals surface area contributed by atoms with Crippen LogP contribution in [0.4, 0.5) is 4.79 Å². The molecule has 0 bridgehead atoms. The zero-order valence-corrected chi connectivity index (χ0v) is 26.2. The summed E-state index contributed by atoms with van der Waals surface area (Å²) < 4.78 is 52.9. The van der Waals surface area contributed by atoms with E-state index in [9.17, 15) is 18.0 Å². The van der Waals surface area contributed by atoms with Gasteiger partial charge < -0.3 is 18.6 Å². The van der Waals surface area contributed by atoms with Crippen LogP contribution in [0.2, 0.25) is 0 Å². The molecule has 2 saturated heterocycles. The van der Waals surface area contributed by atoms with Gasteiger partial charge in [-0.2, -0.15) is 4.31 Å². The Balaban J connectivity index is 1.67. The summed E-state index contributed by atoms with van der Waals surface area (Å²) in [6.45, 7) is 7.14. The van der Waals surface area contributed by atoms with Gasteiger partial charge in [0.15, 0.2) is 0 Å². The monoisotopic (exact) mass is 622 g/mol. The number of piperidine rings is 1. The molecule has 5 atom stereocenters. The molecule has 10 nitrogen and oxygen atoms in total. The Bertz CT molecular complexity index is 1470. The van der Waals surface area contributed by atoms with Gasteiger partial charge >= 0.3 is 12.1 Å². The van der Waals surface area contributed by atoms with Crippen molar-refractivity contribution in [1.29, 1.82) is 0 Å². The quantitative estimate of drug-likeness (QED) is 0.353. The summed E-state index contributed by atoms with van der Waals surface area (Å²) in [6.07, 6.45) is 2.02. The summed E-state index contributed by atoms with van der Waals surface area (Å²) in [5.41, 5.74) is -0.105. The van der Waals surface area contributed by atoms with E-state index < -0.39 is 57.2 Å². The number of benzene rings is 1. The molecule has 0 N–H and O–H groups in total. The van der Waals surface area contributed by atoms with Crippen molar-refractivity contribution in [1.82, 2.24) is 9.21 Å². The number of hydrogen-bond donors (Lipinski definition) is 0. The van der Waals surface area contributed by atoms with Crippen LogP contribution in [0.3, 0.4) is 0 Å². The van der Waals surface area contributed by atoms with E-state index in [1.165, 1.54) is 34.3 Å². The summed E-state index contributed by atoms with van der Waals surface area (Å²) in [4.78, 5) is 28.4. The third-order valence-electron chi connectivity index (χ3n) is 8.04. The van der Waals surface area contributed by atoms with Crippen molar-refractivity contribution in [2.45, 2.75) is 68.7 Å². The number of fused-ring (bicyclic) bond motifs is 3. The van der Waals surface area contributed by atoms with E-state index in [-0.39, 0.29) is 28.8 Å². The van der Waals surface area contributed by atoms with Crippen molar-refractivity contribution in [3.63, 3.8) is 0 Å². The minimum absolute atomic E-state index is 0.0153. The summed E-state index contributed by atoms with van der Waals surface area (Å²) in [7, 11) is -2.74. The van der Waals surface area contributed by atoms with E-state index in [2.05, 4.69) is 0 Å². The van der Waals surface area contributed by atoms with Gasteiger partial charge in [-0.3, -0.25) is 4.90 Å². The molecule has 0 unspecified atom stereocenters. The van der Waals surface area contributed by atoms with Crippen LogP contribution in [0.5, 0.6) is 0 Å². The molecule has 1 aromatic carbocycles. The molecule has 2 aromatic rings. The number of carbonyl (C=O) groups is 2. The largest absolute Gasteiger partial charge is 0.473 e. The van der Waals surface area contributed by atoms with E-state index in [0.29, 0.717) is 5.76 Å². The van der Waals surface area contributed by atoms with Crippen LogP contribution < -0.4 is 0 Å². The Morgan fingerprint density at radius 3 is 2.46 bits per heavy atom. The number of esters is 1. The normalized spacial score (nSPS) is 27.5. The number of aryl methyl sites for hydroxylation is 1. The van der Waals surface area contributed by atoms with E-state index >= 15 is 0 Å². The number of ether oxygens (including phenoxy) is 3. The summed E-state index contributed by atoms with van der Waals surface area (Å²) >= 11 is 6.68. The molecule has 1 aliphatic carbocycles. The number of furan rings is 1. The number of rotatable bonds is 4. The number of carbonyl (C=O) groups excluding carboxylic acids is 2. The van der Waals surface area contributed by atoms with Crippen molar-refractivity contribution >= 4 is 50.4 Å². The van der Waals surface area contributed by atoms with E-state index in [4.69, 9.17) is 30.8 Å². The van der Waals surface area contributed by atoms with Gasteiger partial charge in [-0.1, -0.05) is 29.5 Å². The molecule has 1 amide bonds. The molecule has 3 aliphatic rings. The lowest BCUT2D eigenvalue weighted by Crippen LogP contribution is -2.56. The SMILES string of the molecule is COC(=O)[C@@H]1C[C@@]23CN(S(=O)(=O)c4ccc(C)cc4)C[C@@H](OC(=S)SC)[C@@H]2c2ccoc2[C@H]3N1C(=O)OC(C)(C)C. The number of methoxy groups -OCH3 is 1. The highest BCUT2D eigenvalue weighted by molar-refractivity contribution is 8.22.